The lowest BCUT2D eigenvalue weighted by atomic mass is 10.0. The van der Waals surface area contributed by atoms with Crippen molar-refractivity contribution in [3.05, 3.63) is 29.6 Å². The molecule has 2 rings (SSSR count). The van der Waals surface area contributed by atoms with Crippen molar-refractivity contribution >= 4 is 0 Å². The van der Waals surface area contributed by atoms with Gasteiger partial charge in [0.1, 0.15) is 11.6 Å². The maximum atomic E-state index is 13.6. The molecule has 0 amide bonds. The molecule has 0 heterocycles. The molecule has 1 saturated carbocycles. The molecule has 0 spiro atoms. The number of hydrogen-bond acceptors (Lipinski definition) is 3. The SMILES string of the molecule is CC(NCC1CCC(O)C1)c1ccc(O)cc1F. The summed E-state index contributed by atoms with van der Waals surface area (Å²) in [4.78, 5) is 0. The normalized spacial score (nSPS) is 25.3. The van der Waals surface area contributed by atoms with Gasteiger partial charge in [-0.3, -0.25) is 0 Å². The first-order valence-corrected chi connectivity index (χ1v) is 6.46. The van der Waals surface area contributed by atoms with Crippen molar-refractivity contribution in [1.82, 2.24) is 5.32 Å². The number of nitrogens with one attached hydrogen (secondary N) is 1. The van der Waals surface area contributed by atoms with Gasteiger partial charge in [0.25, 0.3) is 0 Å². The van der Waals surface area contributed by atoms with Gasteiger partial charge in [0.2, 0.25) is 0 Å². The number of benzene rings is 1. The fraction of sp³-hybridized carbons (Fsp3) is 0.571. The minimum atomic E-state index is -0.388. The van der Waals surface area contributed by atoms with Crippen LogP contribution in [0.3, 0.4) is 0 Å². The van der Waals surface area contributed by atoms with Gasteiger partial charge < -0.3 is 15.5 Å². The minimum Gasteiger partial charge on any atom is -0.508 e. The number of aliphatic hydroxyl groups is 1. The molecule has 1 aliphatic carbocycles. The Balaban J connectivity index is 1.89. The monoisotopic (exact) mass is 253 g/mol. The zero-order valence-corrected chi connectivity index (χ0v) is 10.6. The highest BCUT2D eigenvalue weighted by Crippen LogP contribution is 2.26. The molecule has 0 bridgehead atoms. The van der Waals surface area contributed by atoms with Gasteiger partial charge in [-0.2, -0.15) is 0 Å². The van der Waals surface area contributed by atoms with Crippen molar-refractivity contribution in [1.29, 1.82) is 0 Å². The Labute approximate surface area is 107 Å². The zero-order valence-electron chi connectivity index (χ0n) is 10.6. The molecule has 1 aromatic rings. The molecule has 3 atom stereocenters. The van der Waals surface area contributed by atoms with Crippen LogP contribution in [0.5, 0.6) is 5.75 Å². The van der Waals surface area contributed by atoms with Gasteiger partial charge in [-0.25, -0.2) is 4.39 Å². The second-order valence-corrected chi connectivity index (χ2v) is 5.17. The highest BCUT2D eigenvalue weighted by atomic mass is 19.1. The molecule has 100 valence electrons. The summed E-state index contributed by atoms with van der Waals surface area (Å²) < 4.78 is 13.6. The summed E-state index contributed by atoms with van der Waals surface area (Å²) in [6.45, 7) is 2.69. The topological polar surface area (TPSA) is 52.5 Å². The number of phenols is 1. The summed E-state index contributed by atoms with van der Waals surface area (Å²) in [5, 5.41) is 21.9. The number of rotatable bonds is 4. The van der Waals surface area contributed by atoms with E-state index in [9.17, 15) is 9.50 Å². The average Bonchev–Trinajstić information content (AvgIpc) is 2.72. The maximum Gasteiger partial charge on any atom is 0.131 e. The molecule has 0 aromatic heterocycles. The first-order chi connectivity index (χ1) is 8.56. The van der Waals surface area contributed by atoms with E-state index in [-0.39, 0.29) is 23.7 Å². The van der Waals surface area contributed by atoms with Gasteiger partial charge in [-0.1, -0.05) is 6.07 Å². The first kappa shape index (κ1) is 13.3. The molecule has 18 heavy (non-hydrogen) atoms. The van der Waals surface area contributed by atoms with Crippen LogP contribution in [0.2, 0.25) is 0 Å². The van der Waals surface area contributed by atoms with Gasteiger partial charge in [0.15, 0.2) is 0 Å². The molecular formula is C14H20FNO2. The van der Waals surface area contributed by atoms with Crippen molar-refractivity contribution in [3.8, 4) is 5.75 Å². The third-order valence-electron chi connectivity index (χ3n) is 3.68. The van der Waals surface area contributed by atoms with Crippen LogP contribution in [0.15, 0.2) is 18.2 Å². The standard InChI is InChI=1S/C14H20FNO2/c1-9(13-5-4-12(18)7-14(13)15)16-8-10-2-3-11(17)6-10/h4-5,7,9-11,16-18H,2-3,6,8H2,1H3. The van der Waals surface area contributed by atoms with Crippen LogP contribution in [0.1, 0.15) is 37.8 Å². The number of halogens is 1. The van der Waals surface area contributed by atoms with E-state index in [0.717, 1.165) is 31.9 Å². The lowest BCUT2D eigenvalue weighted by Crippen LogP contribution is -2.25. The largest absolute Gasteiger partial charge is 0.508 e. The van der Waals surface area contributed by atoms with Crippen LogP contribution in [0.4, 0.5) is 4.39 Å². The first-order valence-electron chi connectivity index (χ1n) is 6.46. The molecule has 0 saturated heterocycles. The fourth-order valence-corrected chi connectivity index (χ4v) is 2.55. The predicted octanol–water partition coefficient (Wildman–Crippen LogP) is 2.34. The third-order valence-corrected chi connectivity index (χ3v) is 3.68. The van der Waals surface area contributed by atoms with Gasteiger partial charge in [-0.15, -0.1) is 0 Å². The van der Waals surface area contributed by atoms with Crippen molar-refractivity contribution in [2.45, 2.75) is 38.3 Å². The predicted molar refractivity (Wildman–Crippen MR) is 67.8 cm³/mol. The molecule has 1 aliphatic rings. The highest BCUT2D eigenvalue weighted by molar-refractivity contribution is 5.29. The van der Waals surface area contributed by atoms with Gasteiger partial charge in [-0.05, 0) is 44.7 Å². The molecule has 3 N–H and O–H groups in total. The van der Waals surface area contributed by atoms with E-state index in [0.29, 0.717) is 11.5 Å². The van der Waals surface area contributed by atoms with Crippen LogP contribution >= 0.6 is 0 Å². The smallest absolute Gasteiger partial charge is 0.131 e. The van der Waals surface area contributed by atoms with Gasteiger partial charge in [0.05, 0.1) is 6.10 Å². The summed E-state index contributed by atoms with van der Waals surface area (Å²) in [5.74, 6) is 0.0337. The van der Waals surface area contributed by atoms with Crippen molar-refractivity contribution < 1.29 is 14.6 Å². The summed E-state index contributed by atoms with van der Waals surface area (Å²) >= 11 is 0. The molecule has 1 aromatic carbocycles. The Hall–Kier alpha value is -1.13. The Morgan fingerprint density at radius 3 is 2.83 bits per heavy atom. The Morgan fingerprint density at radius 2 is 2.22 bits per heavy atom. The second kappa shape index (κ2) is 5.67. The lowest BCUT2D eigenvalue weighted by Gasteiger charge is -2.18. The van der Waals surface area contributed by atoms with E-state index >= 15 is 0 Å². The number of aliphatic hydroxyl groups excluding tert-OH is 1. The molecule has 3 nitrogen and oxygen atoms in total. The van der Waals surface area contributed by atoms with Crippen LogP contribution in [-0.2, 0) is 0 Å². The van der Waals surface area contributed by atoms with Crippen molar-refractivity contribution in [2.75, 3.05) is 6.54 Å². The van der Waals surface area contributed by atoms with Crippen LogP contribution < -0.4 is 5.32 Å². The minimum absolute atomic E-state index is 0.0534. The summed E-state index contributed by atoms with van der Waals surface area (Å²) in [5.41, 5.74) is 0.561. The van der Waals surface area contributed by atoms with E-state index < -0.39 is 0 Å². The number of hydrogen-bond donors (Lipinski definition) is 3. The molecule has 4 heteroatoms. The van der Waals surface area contributed by atoms with Crippen molar-refractivity contribution in [2.24, 2.45) is 5.92 Å². The van der Waals surface area contributed by atoms with E-state index in [4.69, 9.17) is 5.11 Å². The molecule has 0 aliphatic heterocycles. The zero-order chi connectivity index (χ0) is 13.1. The Kier molecular flexibility index (Phi) is 4.19. The third kappa shape index (κ3) is 3.21. The number of phenolic OH excluding ortho intramolecular Hbond substituents is 1. The molecular weight excluding hydrogens is 233 g/mol. The van der Waals surface area contributed by atoms with E-state index in [1.807, 2.05) is 6.92 Å². The van der Waals surface area contributed by atoms with Crippen molar-refractivity contribution in [3.63, 3.8) is 0 Å². The van der Waals surface area contributed by atoms with Crippen LogP contribution in [0.25, 0.3) is 0 Å². The molecule has 3 unspecified atom stereocenters. The van der Waals surface area contributed by atoms with E-state index in [1.165, 1.54) is 6.07 Å². The maximum absolute atomic E-state index is 13.6. The number of aromatic hydroxyl groups is 1. The van der Waals surface area contributed by atoms with Gasteiger partial charge in [0, 0.05) is 17.7 Å². The Bertz CT molecular complexity index is 411. The summed E-state index contributed by atoms with van der Waals surface area (Å²) in [6.07, 6.45) is 2.56. The Morgan fingerprint density at radius 1 is 1.44 bits per heavy atom. The lowest BCUT2D eigenvalue weighted by molar-refractivity contribution is 0.177. The molecule has 1 fully saturated rings. The molecule has 0 radical (unpaired) electrons. The summed E-state index contributed by atoms with van der Waals surface area (Å²) in [6, 6.07) is 4.14. The second-order valence-electron chi connectivity index (χ2n) is 5.17. The van der Waals surface area contributed by atoms with Crippen LogP contribution in [0, 0.1) is 11.7 Å². The quantitative estimate of drug-likeness (QED) is 0.772. The van der Waals surface area contributed by atoms with Gasteiger partial charge >= 0.3 is 0 Å². The van der Waals surface area contributed by atoms with E-state index in [2.05, 4.69) is 5.32 Å². The van der Waals surface area contributed by atoms with Crippen LogP contribution in [-0.4, -0.2) is 22.9 Å². The van der Waals surface area contributed by atoms with E-state index in [1.54, 1.807) is 6.07 Å². The average molecular weight is 253 g/mol. The summed E-state index contributed by atoms with van der Waals surface area (Å²) in [7, 11) is 0. The highest BCUT2D eigenvalue weighted by Gasteiger charge is 2.23. The fourth-order valence-electron chi connectivity index (χ4n) is 2.55.